The molecule has 1 heterocycles. The van der Waals surface area contributed by atoms with Crippen molar-refractivity contribution in [3.8, 4) is 0 Å². The molecule has 1 fully saturated rings. The third kappa shape index (κ3) is 3.67. The van der Waals surface area contributed by atoms with Gasteiger partial charge in [0, 0.05) is 5.54 Å². The molecule has 1 saturated heterocycles. The van der Waals surface area contributed by atoms with Gasteiger partial charge < -0.3 is 15.8 Å². The van der Waals surface area contributed by atoms with E-state index in [0.29, 0.717) is 6.42 Å². The average molecular weight is 336 g/mol. The second-order valence-corrected chi connectivity index (χ2v) is 6.57. The molecule has 0 aromatic carbocycles. The number of nitrogens with zero attached hydrogens (tertiary/aromatic N) is 1. The molecule has 7 heteroatoms. The number of carbonyl (C=O) groups is 2. The fourth-order valence-corrected chi connectivity index (χ4v) is 2.66. The van der Waals surface area contributed by atoms with Gasteiger partial charge in [-0.3, -0.25) is 9.59 Å². The molecule has 1 rings (SSSR count). The second-order valence-electron chi connectivity index (χ2n) is 6.01. The van der Waals surface area contributed by atoms with Gasteiger partial charge in [0.15, 0.2) is 0 Å². The molecule has 0 bridgehead atoms. The van der Waals surface area contributed by atoms with Crippen LogP contribution in [0.15, 0.2) is 0 Å². The molecule has 1 atom stereocenters. The second kappa shape index (κ2) is 5.76. The first-order chi connectivity index (χ1) is 8.61. The van der Waals surface area contributed by atoms with Gasteiger partial charge in [-0.2, -0.15) is 5.06 Å². The fourth-order valence-electron chi connectivity index (χ4n) is 2.46. The Labute approximate surface area is 122 Å². The number of hydrogen-bond acceptors (Lipinski definition) is 4. The molecule has 0 aliphatic carbocycles. The molecule has 0 aromatic heterocycles. The van der Waals surface area contributed by atoms with Crippen LogP contribution in [-0.4, -0.2) is 51.1 Å². The summed E-state index contributed by atoms with van der Waals surface area (Å²) in [6, 6.07) is -0.166. The van der Waals surface area contributed by atoms with Crippen molar-refractivity contribution in [2.75, 3.05) is 11.9 Å². The first kappa shape index (κ1) is 16.4. The Hall–Kier alpha value is -0.660. The van der Waals surface area contributed by atoms with E-state index in [-0.39, 0.29) is 35.3 Å². The van der Waals surface area contributed by atoms with Crippen molar-refractivity contribution in [1.29, 1.82) is 0 Å². The Kier molecular flexibility index (Phi) is 4.97. The zero-order valence-corrected chi connectivity index (χ0v) is 13.4. The van der Waals surface area contributed by atoms with Crippen LogP contribution >= 0.6 is 15.9 Å². The highest BCUT2D eigenvalue weighted by atomic mass is 79.9. The van der Waals surface area contributed by atoms with Crippen LogP contribution in [0.2, 0.25) is 0 Å². The molecule has 110 valence electrons. The minimum atomic E-state index is -0.543. The lowest BCUT2D eigenvalue weighted by molar-refractivity contribution is -0.194. The van der Waals surface area contributed by atoms with E-state index in [2.05, 4.69) is 26.6 Å². The van der Waals surface area contributed by atoms with E-state index in [9.17, 15) is 14.8 Å². The zero-order chi connectivity index (χ0) is 14.8. The van der Waals surface area contributed by atoms with Gasteiger partial charge in [0.1, 0.15) is 0 Å². The maximum atomic E-state index is 11.8. The molecule has 0 radical (unpaired) electrons. The normalized spacial score (nSPS) is 25.1. The molecule has 3 N–H and O–H groups in total. The summed E-state index contributed by atoms with van der Waals surface area (Å²) in [5, 5.41) is 17.0. The van der Waals surface area contributed by atoms with Crippen LogP contribution in [0.4, 0.5) is 0 Å². The summed E-state index contributed by atoms with van der Waals surface area (Å²) in [4.78, 5) is 22.8. The largest absolute Gasteiger partial charge is 0.350 e. The molecule has 2 amide bonds. The fraction of sp³-hybridized carbons (Fsp3) is 0.833. The molecular formula is C12H22BrN3O3. The van der Waals surface area contributed by atoms with Gasteiger partial charge in [-0.25, -0.2) is 0 Å². The smallest absolute Gasteiger partial charge is 0.239 e. The minimum Gasteiger partial charge on any atom is -0.350 e. The highest BCUT2D eigenvalue weighted by molar-refractivity contribution is 9.09. The van der Waals surface area contributed by atoms with Crippen LogP contribution in [0.25, 0.3) is 0 Å². The van der Waals surface area contributed by atoms with E-state index in [4.69, 9.17) is 0 Å². The topological polar surface area (TPSA) is 81.7 Å². The van der Waals surface area contributed by atoms with E-state index in [1.54, 1.807) is 0 Å². The van der Waals surface area contributed by atoms with Crippen LogP contribution < -0.4 is 10.6 Å². The van der Waals surface area contributed by atoms with Gasteiger partial charge in [-0.15, -0.1) is 0 Å². The standard InChI is InChI=1S/C12H22BrN3O3/c1-11(2)5-8(12(3,4)16(11)19)15-10(18)7-14-9(17)6-13/h8,19H,5-7H2,1-4H3,(H,14,17)(H,15,18)/t8-/m1/s1. The summed E-state index contributed by atoms with van der Waals surface area (Å²) in [5.74, 6) is -0.483. The first-order valence-electron chi connectivity index (χ1n) is 6.22. The molecule has 1 aliphatic heterocycles. The zero-order valence-electron chi connectivity index (χ0n) is 11.8. The Morgan fingerprint density at radius 1 is 1.32 bits per heavy atom. The van der Waals surface area contributed by atoms with Gasteiger partial charge in [-0.05, 0) is 34.1 Å². The summed E-state index contributed by atoms with van der Waals surface area (Å²) in [7, 11) is 0. The highest BCUT2D eigenvalue weighted by Crippen LogP contribution is 2.38. The van der Waals surface area contributed by atoms with Crippen LogP contribution in [0, 0.1) is 0 Å². The van der Waals surface area contributed by atoms with E-state index < -0.39 is 5.54 Å². The lowest BCUT2D eigenvalue weighted by Crippen LogP contribution is -2.54. The van der Waals surface area contributed by atoms with Crippen LogP contribution in [0.1, 0.15) is 34.1 Å². The monoisotopic (exact) mass is 335 g/mol. The summed E-state index contributed by atoms with van der Waals surface area (Å²) in [6.07, 6.45) is 0.647. The molecule has 1 aliphatic rings. The molecule has 19 heavy (non-hydrogen) atoms. The van der Waals surface area contributed by atoms with Crippen molar-refractivity contribution < 1.29 is 14.8 Å². The minimum absolute atomic E-state index is 0.0527. The van der Waals surface area contributed by atoms with Gasteiger partial charge in [0.05, 0.1) is 23.5 Å². The lowest BCUT2D eigenvalue weighted by Gasteiger charge is -2.35. The molecular weight excluding hydrogens is 314 g/mol. The predicted molar refractivity (Wildman–Crippen MR) is 75.1 cm³/mol. The third-order valence-electron chi connectivity index (χ3n) is 3.58. The number of rotatable bonds is 4. The van der Waals surface area contributed by atoms with Gasteiger partial charge in [0.2, 0.25) is 11.8 Å². The van der Waals surface area contributed by atoms with Crippen molar-refractivity contribution >= 4 is 27.7 Å². The van der Waals surface area contributed by atoms with E-state index in [1.807, 2.05) is 27.7 Å². The summed E-state index contributed by atoms with van der Waals surface area (Å²) in [6.45, 7) is 7.55. The number of halogens is 1. The van der Waals surface area contributed by atoms with Crippen molar-refractivity contribution in [3.63, 3.8) is 0 Å². The number of hydrogen-bond donors (Lipinski definition) is 3. The van der Waals surface area contributed by atoms with Crippen molar-refractivity contribution in [3.05, 3.63) is 0 Å². The Bertz CT molecular complexity index is 371. The van der Waals surface area contributed by atoms with Gasteiger partial charge >= 0.3 is 0 Å². The SMILES string of the molecule is CC1(C)C[C@@H](NC(=O)CNC(=O)CBr)C(C)(C)N1O. The molecule has 0 unspecified atom stereocenters. The van der Waals surface area contributed by atoms with Crippen molar-refractivity contribution in [2.45, 2.75) is 51.2 Å². The maximum Gasteiger partial charge on any atom is 0.239 e. The predicted octanol–water partition coefficient (Wildman–Crippen LogP) is 0.634. The summed E-state index contributed by atoms with van der Waals surface area (Å²) >= 11 is 3.01. The Balaban J connectivity index is 2.58. The number of hydroxylamine groups is 2. The van der Waals surface area contributed by atoms with Gasteiger partial charge in [-0.1, -0.05) is 15.9 Å². The first-order valence-corrected chi connectivity index (χ1v) is 7.34. The quantitative estimate of drug-likeness (QED) is 0.658. The Morgan fingerprint density at radius 3 is 2.32 bits per heavy atom. The number of alkyl halides is 1. The van der Waals surface area contributed by atoms with E-state index in [0.717, 1.165) is 0 Å². The molecule has 0 saturated carbocycles. The maximum absolute atomic E-state index is 11.8. The molecule has 6 nitrogen and oxygen atoms in total. The molecule has 0 spiro atoms. The van der Waals surface area contributed by atoms with E-state index in [1.165, 1.54) is 5.06 Å². The van der Waals surface area contributed by atoms with Gasteiger partial charge in [0.25, 0.3) is 0 Å². The third-order valence-corrected chi connectivity index (χ3v) is 4.09. The highest BCUT2D eigenvalue weighted by Gasteiger charge is 2.51. The number of nitrogens with one attached hydrogen (secondary N) is 2. The molecule has 0 aromatic rings. The van der Waals surface area contributed by atoms with Crippen LogP contribution in [0.3, 0.4) is 0 Å². The number of amides is 2. The van der Waals surface area contributed by atoms with E-state index >= 15 is 0 Å². The van der Waals surface area contributed by atoms with Crippen molar-refractivity contribution in [2.24, 2.45) is 0 Å². The summed E-state index contributed by atoms with van der Waals surface area (Å²) < 4.78 is 0. The van der Waals surface area contributed by atoms with Crippen molar-refractivity contribution in [1.82, 2.24) is 15.7 Å². The number of carbonyl (C=O) groups excluding carboxylic acids is 2. The Morgan fingerprint density at radius 2 is 1.89 bits per heavy atom. The average Bonchev–Trinajstić information content (AvgIpc) is 2.47. The van der Waals surface area contributed by atoms with Crippen LogP contribution in [0.5, 0.6) is 0 Å². The lowest BCUT2D eigenvalue weighted by atomic mass is 9.94. The summed E-state index contributed by atoms with van der Waals surface area (Å²) in [5.41, 5.74) is -0.931. The van der Waals surface area contributed by atoms with Crippen LogP contribution in [-0.2, 0) is 9.59 Å².